The highest BCUT2D eigenvalue weighted by Gasteiger charge is 2.34. The predicted octanol–water partition coefficient (Wildman–Crippen LogP) is 3.04. The summed E-state index contributed by atoms with van der Waals surface area (Å²) in [6.07, 6.45) is 3.63. The van der Waals surface area contributed by atoms with E-state index in [4.69, 9.17) is 9.84 Å². The van der Waals surface area contributed by atoms with Gasteiger partial charge in [0.05, 0.1) is 29.7 Å². The molecule has 0 bridgehead atoms. The lowest BCUT2D eigenvalue weighted by Gasteiger charge is -2.40. The third-order valence-electron chi connectivity index (χ3n) is 4.82. The van der Waals surface area contributed by atoms with Crippen LogP contribution in [0.1, 0.15) is 34.1 Å². The first-order valence-corrected chi connectivity index (χ1v) is 9.87. The molecule has 2 aromatic rings. The first-order chi connectivity index (χ1) is 13.8. The van der Waals surface area contributed by atoms with Crippen molar-refractivity contribution in [3.63, 3.8) is 0 Å². The fraction of sp³-hybridized carbons (Fsp3) is 0.476. The van der Waals surface area contributed by atoms with Crippen molar-refractivity contribution in [2.45, 2.75) is 52.8 Å². The zero-order valence-corrected chi connectivity index (χ0v) is 17.3. The molecule has 0 fully saturated rings. The van der Waals surface area contributed by atoms with Gasteiger partial charge in [0.15, 0.2) is 0 Å². The molecule has 0 saturated carbocycles. The number of rotatable bonds is 5. The Bertz CT molecular complexity index is 893. The number of amides is 2. The van der Waals surface area contributed by atoms with E-state index in [1.807, 2.05) is 45.2 Å². The molecular weight excluding hydrogens is 372 g/mol. The normalized spacial score (nSPS) is 16.1. The van der Waals surface area contributed by atoms with E-state index in [0.29, 0.717) is 30.9 Å². The van der Waals surface area contributed by atoms with Crippen molar-refractivity contribution in [3.8, 4) is 11.1 Å². The summed E-state index contributed by atoms with van der Waals surface area (Å²) in [6.45, 7) is 8.17. The van der Waals surface area contributed by atoms with E-state index in [1.54, 1.807) is 20.7 Å². The first-order valence-electron chi connectivity index (χ1n) is 9.87. The van der Waals surface area contributed by atoms with Gasteiger partial charge in [-0.2, -0.15) is 5.10 Å². The van der Waals surface area contributed by atoms with E-state index < -0.39 is 6.09 Å². The van der Waals surface area contributed by atoms with Gasteiger partial charge in [-0.25, -0.2) is 4.79 Å². The zero-order chi connectivity index (χ0) is 21.1. The highest BCUT2D eigenvalue weighted by atomic mass is 16.6. The SMILES string of the molecule is CC(=O)N1c2ccc(-c3cnn(CCCO)c3)cc2N(C(=O)OC(C)C)C[C@@H]1C. The Morgan fingerprint density at radius 2 is 2.03 bits per heavy atom. The van der Waals surface area contributed by atoms with Gasteiger partial charge in [0.25, 0.3) is 0 Å². The van der Waals surface area contributed by atoms with E-state index in [1.165, 1.54) is 6.92 Å². The Balaban J connectivity index is 2.01. The highest BCUT2D eigenvalue weighted by Crippen LogP contribution is 2.39. The summed E-state index contributed by atoms with van der Waals surface area (Å²) < 4.78 is 7.21. The van der Waals surface area contributed by atoms with Crippen molar-refractivity contribution in [1.82, 2.24) is 9.78 Å². The molecule has 1 N–H and O–H groups in total. The molecule has 2 amide bonds. The number of aryl methyl sites for hydroxylation is 1. The highest BCUT2D eigenvalue weighted by molar-refractivity contribution is 6.03. The minimum atomic E-state index is -0.424. The molecule has 8 nitrogen and oxygen atoms in total. The van der Waals surface area contributed by atoms with Gasteiger partial charge in [0.2, 0.25) is 5.91 Å². The predicted molar refractivity (Wildman–Crippen MR) is 111 cm³/mol. The van der Waals surface area contributed by atoms with Crippen LogP contribution >= 0.6 is 0 Å². The molecule has 0 radical (unpaired) electrons. The van der Waals surface area contributed by atoms with Crippen molar-refractivity contribution in [2.24, 2.45) is 0 Å². The van der Waals surface area contributed by atoms with Crippen LogP contribution in [-0.2, 0) is 16.1 Å². The van der Waals surface area contributed by atoms with E-state index in [0.717, 1.165) is 11.1 Å². The quantitative estimate of drug-likeness (QED) is 0.833. The number of carbonyl (C=O) groups excluding carboxylic acids is 2. The number of fused-ring (bicyclic) bond motifs is 1. The maximum absolute atomic E-state index is 12.7. The minimum Gasteiger partial charge on any atom is -0.446 e. The van der Waals surface area contributed by atoms with Crippen LogP contribution in [0.2, 0.25) is 0 Å². The van der Waals surface area contributed by atoms with Crippen LogP contribution < -0.4 is 9.80 Å². The van der Waals surface area contributed by atoms with Gasteiger partial charge in [-0.3, -0.25) is 14.4 Å². The van der Waals surface area contributed by atoms with Crippen LogP contribution in [0.25, 0.3) is 11.1 Å². The van der Waals surface area contributed by atoms with Crippen molar-refractivity contribution < 1.29 is 19.4 Å². The molecule has 29 heavy (non-hydrogen) atoms. The summed E-state index contributed by atoms with van der Waals surface area (Å²) in [4.78, 5) is 28.3. The number of ether oxygens (including phenoxy) is 1. The number of hydrogen-bond donors (Lipinski definition) is 1. The molecule has 0 spiro atoms. The van der Waals surface area contributed by atoms with Crippen molar-refractivity contribution in [2.75, 3.05) is 23.0 Å². The summed E-state index contributed by atoms with van der Waals surface area (Å²) in [5.74, 6) is -0.0693. The second-order valence-electron chi connectivity index (χ2n) is 7.55. The number of carbonyl (C=O) groups is 2. The van der Waals surface area contributed by atoms with Crippen LogP contribution in [0.5, 0.6) is 0 Å². The van der Waals surface area contributed by atoms with Crippen molar-refractivity contribution in [1.29, 1.82) is 0 Å². The van der Waals surface area contributed by atoms with Gasteiger partial charge in [-0.05, 0) is 44.9 Å². The van der Waals surface area contributed by atoms with E-state index in [-0.39, 0.29) is 24.7 Å². The van der Waals surface area contributed by atoms with E-state index >= 15 is 0 Å². The molecule has 1 aliphatic rings. The molecular formula is C21H28N4O4. The summed E-state index contributed by atoms with van der Waals surface area (Å²) in [5, 5.41) is 13.3. The van der Waals surface area contributed by atoms with Gasteiger partial charge < -0.3 is 14.7 Å². The average Bonchev–Trinajstić information content (AvgIpc) is 3.13. The van der Waals surface area contributed by atoms with Crippen LogP contribution in [-0.4, -0.2) is 52.2 Å². The Morgan fingerprint density at radius 1 is 1.28 bits per heavy atom. The molecule has 0 saturated heterocycles. The van der Waals surface area contributed by atoms with Gasteiger partial charge in [-0.1, -0.05) is 6.07 Å². The van der Waals surface area contributed by atoms with Gasteiger partial charge in [-0.15, -0.1) is 0 Å². The fourth-order valence-corrected chi connectivity index (χ4v) is 3.59. The van der Waals surface area contributed by atoms with Gasteiger partial charge >= 0.3 is 6.09 Å². The molecule has 3 rings (SSSR count). The lowest BCUT2D eigenvalue weighted by atomic mass is 10.0. The maximum Gasteiger partial charge on any atom is 0.414 e. The number of anilines is 2. The number of benzene rings is 1. The summed E-state index contributed by atoms with van der Waals surface area (Å²) >= 11 is 0. The molecule has 8 heteroatoms. The molecule has 156 valence electrons. The third kappa shape index (κ3) is 4.42. The topological polar surface area (TPSA) is 87.9 Å². The molecule has 1 atom stereocenters. The Labute approximate surface area is 170 Å². The smallest absolute Gasteiger partial charge is 0.414 e. The second kappa shape index (κ2) is 8.65. The zero-order valence-electron chi connectivity index (χ0n) is 17.3. The van der Waals surface area contributed by atoms with Crippen molar-refractivity contribution >= 4 is 23.4 Å². The lowest BCUT2D eigenvalue weighted by Crippen LogP contribution is -2.51. The molecule has 0 unspecified atom stereocenters. The second-order valence-corrected chi connectivity index (χ2v) is 7.55. The largest absolute Gasteiger partial charge is 0.446 e. The van der Waals surface area contributed by atoms with Crippen molar-refractivity contribution in [3.05, 3.63) is 30.6 Å². The Kier molecular flexibility index (Phi) is 6.22. The van der Waals surface area contributed by atoms with Gasteiger partial charge in [0.1, 0.15) is 0 Å². The maximum atomic E-state index is 12.7. The number of aliphatic hydroxyl groups excluding tert-OH is 1. The number of hydrogen-bond acceptors (Lipinski definition) is 5. The summed E-state index contributed by atoms with van der Waals surface area (Å²) in [6, 6.07) is 5.52. The Morgan fingerprint density at radius 3 is 2.69 bits per heavy atom. The van der Waals surface area contributed by atoms with Gasteiger partial charge in [0, 0.05) is 38.4 Å². The van der Waals surface area contributed by atoms with Crippen LogP contribution in [0.15, 0.2) is 30.6 Å². The minimum absolute atomic E-state index is 0.0693. The van der Waals surface area contributed by atoms with Crippen LogP contribution in [0.3, 0.4) is 0 Å². The molecule has 1 aromatic carbocycles. The number of aromatic nitrogens is 2. The number of aliphatic hydroxyl groups is 1. The summed E-state index contributed by atoms with van der Waals surface area (Å²) in [5.41, 5.74) is 3.12. The van der Waals surface area contributed by atoms with E-state index in [2.05, 4.69) is 5.10 Å². The third-order valence-corrected chi connectivity index (χ3v) is 4.82. The molecule has 0 aliphatic carbocycles. The fourth-order valence-electron chi connectivity index (χ4n) is 3.59. The summed E-state index contributed by atoms with van der Waals surface area (Å²) in [7, 11) is 0. The molecule has 1 aromatic heterocycles. The average molecular weight is 400 g/mol. The molecule has 1 aliphatic heterocycles. The van der Waals surface area contributed by atoms with Crippen LogP contribution in [0, 0.1) is 0 Å². The monoisotopic (exact) mass is 400 g/mol. The molecule has 2 heterocycles. The lowest BCUT2D eigenvalue weighted by molar-refractivity contribution is -0.117. The standard InChI is InChI=1S/C21H28N4O4/c1-14(2)29-21(28)24-12-15(3)25(16(4)27)19-7-6-17(10-20(19)24)18-11-22-23(13-18)8-5-9-26/h6-7,10-11,13-15,26H,5,8-9,12H2,1-4H3/t15-/m0/s1. The Hall–Kier alpha value is -2.87. The van der Waals surface area contributed by atoms with Crippen LogP contribution in [0.4, 0.5) is 16.2 Å². The van der Waals surface area contributed by atoms with E-state index in [9.17, 15) is 9.59 Å². The number of nitrogens with zero attached hydrogens (tertiary/aromatic N) is 4. The first kappa shape index (κ1) is 20.9.